The van der Waals surface area contributed by atoms with Crippen LogP contribution in [0.3, 0.4) is 0 Å². The molecule has 2 aromatic rings. The molecule has 0 spiro atoms. The van der Waals surface area contributed by atoms with Crippen LogP contribution in [0.15, 0.2) is 42.0 Å². The van der Waals surface area contributed by atoms with E-state index in [-0.39, 0.29) is 45.2 Å². The Morgan fingerprint density at radius 3 is 2.57 bits per heavy atom. The maximum absolute atomic E-state index is 14.8. The Kier molecular flexibility index (Phi) is 11.4. The van der Waals surface area contributed by atoms with Gasteiger partial charge in [0.05, 0.1) is 12.7 Å². The van der Waals surface area contributed by atoms with Gasteiger partial charge in [0.1, 0.15) is 6.17 Å². The van der Waals surface area contributed by atoms with Gasteiger partial charge in [0.2, 0.25) is 0 Å². The van der Waals surface area contributed by atoms with Crippen LogP contribution in [0.4, 0.5) is 4.39 Å². The van der Waals surface area contributed by atoms with E-state index in [4.69, 9.17) is 0 Å². The van der Waals surface area contributed by atoms with Crippen LogP contribution in [0.25, 0.3) is 5.57 Å². The van der Waals surface area contributed by atoms with E-state index < -0.39 is 12.3 Å². The van der Waals surface area contributed by atoms with Crippen LogP contribution < -0.4 is 0 Å². The molecule has 3 atom stereocenters. The number of hydrogen-bond acceptors (Lipinski definition) is 3. The Hall–Kier alpha value is -0.386. The molecule has 1 aromatic heterocycles. The number of rotatable bonds is 11. The number of aliphatic hydroxyl groups excluding tert-OH is 2. The van der Waals surface area contributed by atoms with Gasteiger partial charge in [-0.3, -0.25) is 0 Å². The summed E-state index contributed by atoms with van der Waals surface area (Å²) in [5.74, 6) is -0.165. The summed E-state index contributed by atoms with van der Waals surface area (Å²) in [7, 11) is 0. The van der Waals surface area contributed by atoms with Crippen LogP contribution in [0, 0.1) is 11.3 Å². The number of benzene rings is 1. The summed E-state index contributed by atoms with van der Waals surface area (Å²) in [5, 5.41) is 23.3. The number of aryl methyl sites for hydroxylation is 1. The molecule has 2 nitrogen and oxygen atoms in total. The predicted octanol–water partition coefficient (Wildman–Crippen LogP) is 6.29. The molecule has 0 bridgehead atoms. The van der Waals surface area contributed by atoms with E-state index in [0.29, 0.717) is 6.42 Å². The molecular formula is C25H32FO2SY-. The van der Waals surface area contributed by atoms with Gasteiger partial charge in [-0.25, -0.2) is 10.5 Å². The minimum Gasteiger partial charge on any atom is -0.392 e. The van der Waals surface area contributed by atoms with Crippen molar-refractivity contribution in [1.82, 2.24) is 0 Å². The Morgan fingerprint density at radius 2 is 1.93 bits per heavy atom. The summed E-state index contributed by atoms with van der Waals surface area (Å²) in [5.41, 5.74) is 3.69. The first-order chi connectivity index (χ1) is 14.1. The van der Waals surface area contributed by atoms with Crippen molar-refractivity contribution in [2.45, 2.75) is 70.6 Å². The molecule has 0 aliphatic heterocycles. The minimum atomic E-state index is -0.929. The number of aliphatic hydroxyl groups is 2. The van der Waals surface area contributed by atoms with E-state index in [2.05, 4.69) is 18.4 Å². The van der Waals surface area contributed by atoms with Crippen LogP contribution in [0.2, 0.25) is 0 Å². The smallest absolute Gasteiger partial charge is 0.111 e. The molecule has 5 heteroatoms. The largest absolute Gasteiger partial charge is 0.392 e. The first-order valence-corrected chi connectivity index (χ1v) is 11.7. The molecule has 1 heterocycles. The fourth-order valence-electron chi connectivity index (χ4n) is 4.36. The van der Waals surface area contributed by atoms with E-state index in [1.165, 1.54) is 4.88 Å². The van der Waals surface area contributed by atoms with Gasteiger partial charge in [-0.15, -0.1) is 10.3 Å². The summed E-state index contributed by atoms with van der Waals surface area (Å²) in [4.78, 5) is 1.28. The fourth-order valence-corrected chi connectivity index (χ4v) is 5.03. The van der Waals surface area contributed by atoms with Crippen molar-refractivity contribution in [3.05, 3.63) is 63.4 Å². The van der Waals surface area contributed by atoms with Gasteiger partial charge >= 0.3 is 0 Å². The van der Waals surface area contributed by atoms with Crippen molar-refractivity contribution in [3.8, 4) is 0 Å². The summed E-state index contributed by atoms with van der Waals surface area (Å²) < 4.78 is 14.8. The van der Waals surface area contributed by atoms with Gasteiger partial charge in [-0.2, -0.15) is 6.07 Å². The SMILES string of the molecule is CCCCCC(O)c1ccc(C2=C(CO)CC(F)[C@@H]2CCCc2cc[c-]s2)cc1.[Y]. The fraction of sp³-hybridized carbons (Fsp3) is 0.520. The van der Waals surface area contributed by atoms with Gasteiger partial charge in [0, 0.05) is 45.0 Å². The van der Waals surface area contributed by atoms with Crippen molar-refractivity contribution in [3.63, 3.8) is 0 Å². The molecule has 1 aromatic carbocycles. The summed E-state index contributed by atoms with van der Waals surface area (Å²) >= 11 is 1.63. The maximum Gasteiger partial charge on any atom is 0.111 e. The molecule has 2 unspecified atom stereocenters. The Labute approximate surface area is 209 Å². The molecule has 0 saturated carbocycles. The van der Waals surface area contributed by atoms with E-state index in [0.717, 1.165) is 67.2 Å². The third-order valence-corrected chi connectivity index (χ3v) is 6.83. The second kappa shape index (κ2) is 13.2. The monoisotopic (exact) mass is 504 g/mol. The Morgan fingerprint density at radius 1 is 1.17 bits per heavy atom. The topological polar surface area (TPSA) is 40.5 Å². The number of hydrogen-bond donors (Lipinski definition) is 2. The predicted molar refractivity (Wildman–Crippen MR) is 119 cm³/mol. The van der Waals surface area contributed by atoms with E-state index in [1.807, 2.05) is 30.3 Å². The first-order valence-electron chi connectivity index (χ1n) is 10.8. The van der Waals surface area contributed by atoms with Crippen molar-refractivity contribution in [2.24, 2.45) is 5.92 Å². The molecule has 1 aliphatic rings. The van der Waals surface area contributed by atoms with Crippen LogP contribution >= 0.6 is 11.3 Å². The molecule has 1 aliphatic carbocycles. The van der Waals surface area contributed by atoms with Crippen molar-refractivity contribution >= 4 is 16.9 Å². The molecule has 2 N–H and O–H groups in total. The van der Waals surface area contributed by atoms with Crippen LogP contribution in [-0.4, -0.2) is 23.0 Å². The molecule has 0 fully saturated rings. The maximum atomic E-state index is 14.8. The normalized spacial score (nSPS) is 19.7. The number of allylic oxidation sites excluding steroid dienone is 1. The van der Waals surface area contributed by atoms with Crippen molar-refractivity contribution in [2.75, 3.05) is 6.61 Å². The Balaban J connectivity index is 0.00000320. The van der Waals surface area contributed by atoms with Gasteiger partial charge in [0.15, 0.2) is 0 Å². The van der Waals surface area contributed by atoms with Crippen LogP contribution in [0.1, 0.15) is 74.0 Å². The molecule has 3 rings (SSSR count). The van der Waals surface area contributed by atoms with Crippen LogP contribution in [-0.2, 0) is 39.1 Å². The second-order valence-electron chi connectivity index (χ2n) is 8.05. The molecule has 161 valence electrons. The third kappa shape index (κ3) is 6.80. The van der Waals surface area contributed by atoms with Gasteiger partial charge in [-0.1, -0.05) is 63.3 Å². The van der Waals surface area contributed by atoms with E-state index in [9.17, 15) is 14.6 Å². The standard InChI is InChI=1S/C25H32FO2S.Y/c1-2-3-4-10-24(28)18-11-13-19(14-12-18)25-20(17-27)16-23(26)22(25)9-5-7-21-8-6-15-29-21;/h6,8,11-14,22-24,27-28H,2-5,7,9-10,16-17H2,1H3;/q-1;/t22-,23?,24?;/m0./s1. The van der Waals surface area contributed by atoms with Crippen LogP contribution in [0.5, 0.6) is 0 Å². The minimum absolute atomic E-state index is 0. The molecule has 0 saturated heterocycles. The molecule has 30 heavy (non-hydrogen) atoms. The average Bonchev–Trinajstić information content (AvgIpc) is 3.36. The first kappa shape index (κ1) is 25.9. The second-order valence-corrected chi connectivity index (χ2v) is 9.01. The third-order valence-electron chi connectivity index (χ3n) is 5.97. The number of thiophene rings is 1. The Bertz CT molecular complexity index is 773. The number of halogens is 1. The van der Waals surface area contributed by atoms with Crippen molar-refractivity contribution < 1.29 is 47.3 Å². The number of unbranched alkanes of at least 4 members (excludes halogenated alkanes) is 2. The van der Waals surface area contributed by atoms with Gasteiger partial charge in [0.25, 0.3) is 0 Å². The molecular weight excluding hydrogens is 472 g/mol. The average molecular weight is 505 g/mol. The van der Waals surface area contributed by atoms with Gasteiger partial charge < -0.3 is 21.5 Å². The molecule has 1 radical (unpaired) electrons. The molecule has 0 amide bonds. The van der Waals surface area contributed by atoms with Gasteiger partial charge in [-0.05, 0) is 35.1 Å². The zero-order chi connectivity index (χ0) is 20.6. The quantitative estimate of drug-likeness (QED) is 0.279. The summed E-state index contributed by atoms with van der Waals surface area (Å²) in [6.45, 7) is 2.07. The van der Waals surface area contributed by atoms with E-state index >= 15 is 0 Å². The zero-order valence-electron chi connectivity index (χ0n) is 17.8. The summed E-state index contributed by atoms with van der Waals surface area (Å²) in [6.07, 6.45) is 5.66. The van der Waals surface area contributed by atoms with Crippen molar-refractivity contribution in [1.29, 1.82) is 0 Å². The summed E-state index contributed by atoms with van der Waals surface area (Å²) in [6, 6.07) is 11.9. The number of alkyl halides is 1. The van der Waals surface area contributed by atoms with E-state index in [1.54, 1.807) is 11.3 Å². The zero-order valence-corrected chi connectivity index (χ0v) is 21.5.